The molecule has 0 unspecified atom stereocenters. The molecule has 2 aromatic rings. The zero-order valence-corrected chi connectivity index (χ0v) is 10.3. The van der Waals surface area contributed by atoms with Gasteiger partial charge in [0.25, 0.3) is 0 Å². The molecule has 0 heterocycles. The SMILES string of the molecule is CC(C)N(Nc1ccccc1)c1ccccc1. The summed E-state index contributed by atoms with van der Waals surface area (Å²) in [7, 11) is 0. The molecular weight excluding hydrogens is 208 g/mol. The molecule has 2 heteroatoms. The summed E-state index contributed by atoms with van der Waals surface area (Å²) in [6.07, 6.45) is 0. The highest BCUT2D eigenvalue weighted by Crippen LogP contribution is 2.18. The fraction of sp³-hybridized carbons (Fsp3) is 0.200. The lowest BCUT2D eigenvalue weighted by molar-refractivity contribution is 0.746. The summed E-state index contributed by atoms with van der Waals surface area (Å²) >= 11 is 0. The molecule has 0 radical (unpaired) electrons. The third kappa shape index (κ3) is 3.00. The molecule has 0 atom stereocenters. The largest absolute Gasteiger partial charge is 0.298 e. The molecular formula is C15H18N2. The summed E-state index contributed by atoms with van der Waals surface area (Å²) in [6, 6.07) is 21.0. The van der Waals surface area contributed by atoms with Crippen LogP contribution >= 0.6 is 0 Å². The minimum absolute atomic E-state index is 0.387. The number of hydrogen-bond acceptors (Lipinski definition) is 2. The average molecular weight is 226 g/mol. The monoisotopic (exact) mass is 226 g/mol. The molecule has 0 amide bonds. The van der Waals surface area contributed by atoms with E-state index < -0.39 is 0 Å². The van der Waals surface area contributed by atoms with Gasteiger partial charge in [0.15, 0.2) is 0 Å². The van der Waals surface area contributed by atoms with Crippen LogP contribution in [0.15, 0.2) is 60.7 Å². The van der Waals surface area contributed by atoms with Crippen molar-refractivity contribution in [2.75, 3.05) is 10.4 Å². The number of para-hydroxylation sites is 2. The highest BCUT2D eigenvalue weighted by Gasteiger charge is 2.09. The van der Waals surface area contributed by atoms with Gasteiger partial charge in [0.1, 0.15) is 0 Å². The van der Waals surface area contributed by atoms with Crippen LogP contribution in [0.1, 0.15) is 13.8 Å². The van der Waals surface area contributed by atoms with Gasteiger partial charge < -0.3 is 0 Å². The van der Waals surface area contributed by atoms with Crippen molar-refractivity contribution in [1.82, 2.24) is 0 Å². The first-order chi connectivity index (χ1) is 8.27. The summed E-state index contributed by atoms with van der Waals surface area (Å²) < 4.78 is 0. The molecule has 0 bridgehead atoms. The highest BCUT2D eigenvalue weighted by atomic mass is 15.5. The minimum atomic E-state index is 0.387. The number of nitrogens with zero attached hydrogens (tertiary/aromatic N) is 1. The summed E-state index contributed by atoms with van der Waals surface area (Å²) in [5, 5.41) is 2.16. The van der Waals surface area contributed by atoms with Gasteiger partial charge >= 0.3 is 0 Å². The quantitative estimate of drug-likeness (QED) is 0.795. The number of anilines is 2. The Bertz CT molecular complexity index is 437. The Hall–Kier alpha value is -1.96. The van der Waals surface area contributed by atoms with Gasteiger partial charge in [-0.05, 0) is 38.1 Å². The number of nitrogens with one attached hydrogen (secondary N) is 1. The smallest absolute Gasteiger partial charge is 0.0574 e. The Morgan fingerprint density at radius 1 is 0.824 bits per heavy atom. The van der Waals surface area contributed by atoms with Gasteiger partial charge in [0.05, 0.1) is 11.4 Å². The number of hydrazine groups is 1. The van der Waals surface area contributed by atoms with E-state index in [2.05, 4.69) is 60.7 Å². The summed E-state index contributed by atoms with van der Waals surface area (Å²) in [6.45, 7) is 4.34. The third-order valence-electron chi connectivity index (χ3n) is 2.57. The molecule has 0 aliphatic carbocycles. The summed E-state index contributed by atoms with van der Waals surface area (Å²) in [4.78, 5) is 0. The molecule has 0 spiro atoms. The van der Waals surface area contributed by atoms with E-state index in [1.807, 2.05) is 24.3 Å². The Morgan fingerprint density at radius 3 is 1.88 bits per heavy atom. The normalized spacial score (nSPS) is 10.3. The minimum Gasteiger partial charge on any atom is -0.298 e. The van der Waals surface area contributed by atoms with Crippen LogP contribution in [0.25, 0.3) is 0 Å². The Kier molecular flexibility index (Phi) is 3.66. The predicted molar refractivity (Wildman–Crippen MR) is 74.1 cm³/mol. The molecule has 0 aliphatic rings. The second-order valence-electron chi connectivity index (χ2n) is 4.28. The second-order valence-corrected chi connectivity index (χ2v) is 4.28. The van der Waals surface area contributed by atoms with E-state index >= 15 is 0 Å². The maximum atomic E-state index is 3.43. The highest BCUT2D eigenvalue weighted by molar-refractivity contribution is 5.55. The Labute approximate surface area is 103 Å². The van der Waals surface area contributed by atoms with E-state index in [1.54, 1.807) is 0 Å². The molecule has 0 aliphatic heterocycles. The first-order valence-corrected chi connectivity index (χ1v) is 5.93. The van der Waals surface area contributed by atoms with E-state index in [1.165, 1.54) is 5.69 Å². The molecule has 88 valence electrons. The van der Waals surface area contributed by atoms with Gasteiger partial charge in [-0.15, -0.1) is 0 Å². The van der Waals surface area contributed by atoms with Crippen molar-refractivity contribution in [2.24, 2.45) is 0 Å². The Morgan fingerprint density at radius 2 is 1.35 bits per heavy atom. The Balaban J connectivity index is 2.20. The molecule has 0 aromatic heterocycles. The maximum Gasteiger partial charge on any atom is 0.0574 e. The van der Waals surface area contributed by atoms with Crippen molar-refractivity contribution in [3.8, 4) is 0 Å². The van der Waals surface area contributed by atoms with E-state index in [4.69, 9.17) is 0 Å². The van der Waals surface area contributed by atoms with Crippen LogP contribution in [-0.4, -0.2) is 6.04 Å². The number of hydrogen-bond donors (Lipinski definition) is 1. The van der Waals surface area contributed by atoms with Crippen molar-refractivity contribution in [1.29, 1.82) is 0 Å². The van der Waals surface area contributed by atoms with E-state index in [0.29, 0.717) is 6.04 Å². The molecule has 0 saturated heterocycles. The van der Waals surface area contributed by atoms with Gasteiger partial charge in [-0.1, -0.05) is 36.4 Å². The van der Waals surface area contributed by atoms with Gasteiger partial charge in [-0.2, -0.15) is 0 Å². The summed E-state index contributed by atoms with van der Waals surface area (Å²) in [5.41, 5.74) is 5.70. The molecule has 0 fully saturated rings. The first kappa shape index (κ1) is 11.5. The maximum absolute atomic E-state index is 3.43. The van der Waals surface area contributed by atoms with Crippen molar-refractivity contribution >= 4 is 11.4 Å². The fourth-order valence-corrected chi connectivity index (χ4v) is 1.73. The molecule has 2 aromatic carbocycles. The zero-order chi connectivity index (χ0) is 12.1. The van der Waals surface area contributed by atoms with Crippen LogP contribution in [0.3, 0.4) is 0 Å². The molecule has 2 nitrogen and oxygen atoms in total. The van der Waals surface area contributed by atoms with Gasteiger partial charge in [-0.3, -0.25) is 10.4 Å². The molecule has 2 rings (SSSR count). The second kappa shape index (κ2) is 5.39. The van der Waals surface area contributed by atoms with E-state index in [-0.39, 0.29) is 0 Å². The van der Waals surface area contributed by atoms with Crippen LogP contribution in [0.5, 0.6) is 0 Å². The van der Waals surface area contributed by atoms with Crippen molar-refractivity contribution in [3.63, 3.8) is 0 Å². The van der Waals surface area contributed by atoms with Crippen molar-refractivity contribution in [3.05, 3.63) is 60.7 Å². The summed E-state index contributed by atoms with van der Waals surface area (Å²) in [5.74, 6) is 0. The van der Waals surface area contributed by atoms with Crippen LogP contribution in [-0.2, 0) is 0 Å². The zero-order valence-electron chi connectivity index (χ0n) is 10.3. The van der Waals surface area contributed by atoms with Gasteiger partial charge in [-0.25, -0.2) is 0 Å². The van der Waals surface area contributed by atoms with E-state index in [9.17, 15) is 0 Å². The number of benzene rings is 2. The third-order valence-corrected chi connectivity index (χ3v) is 2.57. The lowest BCUT2D eigenvalue weighted by Crippen LogP contribution is -2.36. The van der Waals surface area contributed by atoms with Crippen LogP contribution in [0, 0.1) is 0 Å². The van der Waals surface area contributed by atoms with E-state index in [0.717, 1.165) is 5.69 Å². The standard InChI is InChI=1S/C15H18N2/c1-13(2)17(15-11-7-4-8-12-15)16-14-9-5-3-6-10-14/h3-13,16H,1-2H3. The van der Waals surface area contributed by atoms with Crippen molar-refractivity contribution < 1.29 is 0 Å². The van der Waals surface area contributed by atoms with Crippen LogP contribution in [0.4, 0.5) is 11.4 Å². The lowest BCUT2D eigenvalue weighted by atomic mass is 10.2. The van der Waals surface area contributed by atoms with Gasteiger partial charge in [0, 0.05) is 6.04 Å². The first-order valence-electron chi connectivity index (χ1n) is 5.93. The van der Waals surface area contributed by atoms with Crippen LogP contribution < -0.4 is 10.4 Å². The molecule has 17 heavy (non-hydrogen) atoms. The lowest BCUT2D eigenvalue weighted by Gasteiger charge is -2.30. The topological polar surface area (TPSA) is 15.3 Å². The fourth-order valence-electron chi connectivity index (χ4n) is 1.73. The van der Waals surface area contributed by atoms with Crippen LogP contribution in [0.2, 0.25) is 0 Å². The average Bonchev–Trinajstić information content (AvgIpc) is 2.38. The molecule has 0 saturated carbocycles. The molecule has 1 N–H and O–H groups in total. The predicted octanol–water partition coefficient (Wildman–Crippen LogP) is 3.93. The van der Waals surface area contributed by atoms with Gasteiger partial charge in [0.2, 0.25) is 0 Å². The van der Waals surface area contributed by atoms with Crippen molar-refractivity contribution in [2.45, 2.75) is 19.9 Å². The number of rotatable bonds is 4.